The van der Waals surface area contributed by atoms with E-state index in [4.69, 9.17) is 16.0 Å². The molecule has 0 radical (unpaired) electrons. The molecule has 0 aliphatic carbocycles. The van der Waals surface area contributed by atoms with E-state index in [0.29, 0.717) is 29.4 Å². The number of nitrogens with zero attached hydrogens (tertiary/aromatic N) is 2. The first-order valence-electron chi connectivity index (χ1n) is 8.83. The number of piperidine rings is 1. The summed E-state index contributed by atoms with van der Waals surface area (Å²) in [7, 11) is 0. The summed E-state index contributed by atoms with van der Waals surface area (Å²) in [4.78, 5) is 25.1. The van der Waals surface area contributed by atoms with Crippen molar-refractivity contribution in [1.29, 1.82) is 0 Å². The number of aryl methyl sites for hydroxylation is 3. The second-order valence-corrected chi connectivity index (χ2v) is 7.32. The van der Waals surface area contributed by atoms with Gasteiger partial charge >= 0.3 is 0 Å². The molecule has 1 aliphatic rings. The molecule has 0 bridgehead atoms. The molecule has 2 heterocycles. The fourth-order valence-corrected chi connectivity index (χ4v) is 3.97. The highest BCUT2D eigenvalue weighted by molar-refractivity contribution is 6.33. The lowest BCUT2D eigenvalue weighted by Gasteiger charge is -2.35. The first-order valence-corrected chi connectivity index (χ1v) is 9.21. The minimum atomic E-state index is -0.440. The van der Waals surface area contributed by atoms with Crippen molar-refractivity contribution in [2.24, 2.45) is 0 Å². The predicted octanol–water partition coefficient (Wildman–Crippen LogP) is 4.17. The number of hydrogen-bond donors (Lipinski definition) is 1. The molecule has 1 N–H and O–H groups in total. The average molecular weight is 392 g/mol. The highest BCUT2D eigenvalue weighted by atomic mass is 35.5. The highest BCUT2D eigenvalue weighted by Crippen LogP contribution is 2.35. The molecule has 8 heteroatoms. The topological polar surface area (TPSA) is 88.6 Å². The highest BCUT2D eigenvalue weighted by Gasteiger charge is 2.25. The lowest BCUT2D eigenvalue weighted by atomic mass is 10.0. The van der Waals surface area contributed by atoms with Gasteiger partial charge in [-0.15, -0.1) is 0 Å². The molecule has 1 saturated heterocycles. The van der Waals surface area contributed by atoms with E-state index in [0.717, 1.165) is 29.9 Å². The molecule has 144 valence electrons. The Morgan fingerprint density at radius 2 is 1.93 bits per heavy atom. The second-order valence-electron chi connectivity index (χ2n) is 6.91. The number of anilines is 1. The van der Waals surface area contributed by atoms with Crippen LogP contribution in [0.25, 0.3) is 0 Å². The van der Waals surface area contributed by atoms with Crippen LogP contribution < -0.4 is 10.2 Å². The van der Waals surface area contributed by atoms with E-state index in [9.17, 15) is 14.9 Å². The van der Waals surface area contributed by atoms with Crippen LogP contribution in [0.4, 0.5) is 11.4 Å². The van der Waals surface area contributed by atoms with Crippen LogP contribution in [0.5, 0.6) is 0 Å². The van der Waals surface area contributed by atoms with Gasteiger partial charge in [-0.1, -0.05) is 11.6 Å². The number of nitrogens with one attached hydrogen (secondary N) is 1. The van der Waals surface area contributed by atoms with Gasteiger partial charge in [0.25, 0.3) is 11.6 Å². The number of nitro groups is 1. The van der Waals surface area contributed by atoms with E-state index in [1.54, 1.807) is 19.1 Å². The van der Waals surface area contributed by atoms with Gasteiger partial charge in [0.2, 0.25) is 0 Å². The quantitative estimate of drug-likeness (QED) is 0.624. The number of nitro benzene ring substituents is 1. The Morgan fingerprint density at radius 1 is 1.26 bits per heavy atom. The maximum absolute atomic E-state index is 12.4. The van der Waals surface area contributed by atoms with Crippen LogP contribution in [0.3, 0.4) is 0 Å². The maximum atomic E-state index is 12.4. The third-order valence-electron chi connectivity index (χ3n) is 4.88. The summed E-state index contributed by atoms with van der Waals surface area (Å²) in [5, 5.41) is 14.4. The van der Waals surface area contributed by atoms with Crippen LogP contribution >= 0.6 is 11.6 Å². The molecule has 1 fully saturated rings. The molecule has 27 heavy (non-hydrogen) atoms. The Labute approximate surface area is 162 Å². The van der Waals surface area contributed by atoms with Gasteiger partial charge in [-0.3, -0.25) is 14.9 Å². The monoisotopic (exact) mass is 391 g/mol. The van der Waals surface area contributed by atoms with Crippen molar-refractivity contribution in [1.82, 2.24) is 5.32 Å². The zero-order valence-corrected chi connectivity index (χ0v) is 16.3. The molecule has 2 aromatic rings. The number of halogens is 1. The summed E-state index contributed by atoms with van der Waals surface area (Å²) in [6.45, 7) is 6.86. The minimum absolute atomic E-state index is 0.00539. The van der Waals surface area contributed by atoms with Gasteiger partial charge in [-0.25, -0.2) is 0 Å². The van der Waals surface area contributed by atoms with Crippen LogP contribution in [-0.4, -0.2) is 30.0 Å². The SMILES string of the molecule is Cc1cc(C(=O)NC2CCN(c3c(C)cc([N+](=O)[O-])cc3Cl)CC2)c(C)o1. The molecule has 1 aliphatic heterocycles. The van der Waals surface area contributed by atoms with Gasteiger partial charge in [-0.05, 0) is 45.2 Å². The van der Waals surface area contributed by atoms with Gasteiger partial charge in [0.05, 0.1) is 21.2 Å². The molecule has 1 aromatic carbocycles. The lowest BCUT2D eigenvalue weighted by molar-refractivity contribution is -0.384. The largest absolute Gasteiger partial charge is 0.466 e. The van der Waals surface area contributed by atoms with E-state index in [1.165, 1.54) is 6.07 Å². The number of hydrogen-bond acceptors (Lipinski definition) is 5. The van der Waals surface area contributed by atoms with Crippen molar-refractivity contribution in [3.63, 3.8) is 0 Å². The van der Waals surface area contributed by atoms with Crippen molar-refractivity contribution in [3.05, 3.63) is 56.0 Å². The van der Waals surface area contributed by atoms with Crippen LogP contribution in [0.15, 0.2) is 22.6 Å². The van der Waals surface area contributed by atoms with E-state index in [-0.39, 0.29) is 17.6 Å². The minimum Gasteiger partial charge on any atom is -0.466 e. The zero-order valence-electron chi connectivity index (χ0n) is 15.5. The molecule has 0 unspecified atom stereocenters. The number of furan rings is 1. The standard InChI is InChI=1S/C19H22ClN3O4/c1-11-8-15(23(25)26)10-17(20)18(11)22-6-4-14(5-7-22)21-19(24)16-9-12(2)27-13(16)3/h8-10,14H,4-7H2,1-3H3,(H,21,24). The van der Waals surface area contributed by atoms with Gasteiger partial charge < -0.3 is 14.6 Å². The molecule has 0 atom stereocenters. The van der Waals surface area contributed by atoms with Gasteiger partial charge in [-0.2, -0.15) is 0 Å². The van der Waals surface area contributed by atoms with Gasteiger partial charge in [0.1, 0.15) is 11.5 Å². The molecule has 0 spiro atoms. The fourth-order valence-electron chi connectivity index (χ4n) is 3.59. The summed E-state index contributed by atoms with van der Waals surface area (Å²) in [6.07, 6.45) is 1.54. The molecular formula is C19H22ClN3O4. The molecular weight excluding hydrogens is 370 g/mol. The summed E-state index contributed by atoms with van der Waals surface area (Å²) >= 11 is 6.31. The number of non-ortho nitro benzene ring substituents is 1. The number of amides is 1. The summed E-state index contributed by atoms with van der Waals surface area (Å²) < 4.78 is 5.42. The predicted molar refractivity (Wildman–Crippen MR) is 104 cm³/mol. The Bertz CT molecular complexity index is 862. The van der Waals surface area contributed by atoms with E-state index in [1.807, 2.05) is 13.8 Å². The summed E-state index contributed by atoms with van der Waals surface area (Å²) in [5.41, 5.74) is 2.17. The number of rotatable bonds is 4. The van der Waals surface area contributed by atoms with Crippen LogP contribution in [0.2, 0.25) is 5.02 Å². The van der Waals surface area contributed by atoms with E-state index in [2.05, 4.69) is 10.2 Å². The van der Waals surface area contributed by atoms with Crippen molar-refractivity contribution < 1.29 is 14.1 Å². The molecule has 1 amide bonds. The van der Waals surface area contributed by atoms with Crippen molar-refractivity contribution in [2.75, 3.05) is 18.0 Å². The third-order valence-corrected chi connectivity index (χ3v) is 5.17. The lowest BCUT2D eigenvalue weighted by Crippen LogP contribution is -2.45. The first kappa shape index (κ1) is 19.2. The Hall–Kier alpha value is -2.54. The molecule has 7 nitrogen and oxygen atoms in total. The number of carbonyl (C=O) groups is 1. The van der Waals surface area contributed by atoms with E-state index < -0.39 is 4.92 Å². The Morgan fingerprint density at radius 3 is 2.44 bits per heavy atom. The van der Waals surface area contributed by atoms with Gasteiger partial charge in [0, 0.05) is 31.3 Å². The number of benzene rings is 1. The summed E-state index contributed by atoms with van der Waals surface area (Å²) in [6, 6.07) is 4.75. The number of carbonyl (C=O) groups excluding carboxylic acids is 1. The molecule has 0 saturated carbocycles. The van der Waals surface area contributed by atoms with Crippen LogP contribution in [0, 0.1) is 30.9 Å². The first-order chi connectivity index (χ1) is 12.8. The normalized spacial score (nSPS) is 15.0. The Balaban J connectivity index is 1.65. The van der Waals surface area contributed by atoms with Crippen molar-refractivity contribution >= 4 is 28.9 Å². The summed E-state index contributed by atoms with van der Waals surface area (Å²) in [5.74, 6) is 1.22. The molecule has 1 aromatic heterocycles. The van der Waals surface area contributed by atoms with Gasteiger partial charge in [0.15, 0.2) is 0 Å². The Kier molecular flexibility index (Phi) is 5.41. The van der Waals surface area contributed by atoms with Crippen LogP contribution in [-0.2, 0) is 0 Å². The van der Waals surface area contributed by atoms with E-state index >= 15 is 0 Å². The van der Waals surface area contributed by atoms with Crippen molar-refractivity contribution in [2.45, 2.75) is 39.7 Å². The average Bonchev–Trinajstić information content (AvgIpc) is 2.94. The maximum Gasteiger partial charge on any atom is 0.271 e. The third kappa shape index (κ3) is 4.08. The second kappa shape index (κ2) is 7.60. The fraction of sp³-hybridized carbons (Fsp3) is 0.421. The van der Waals surface area contributed by atoms with Crippen LogP contribution in [0.1, 0.15) is 40.3 Å². The smallest absolute Gasteiger partial charge is 0.271 e. The molecule has 3 rings (SSSR count). The zero-order chi connectivity index (χ0) is 19.7. The van der Waals surface area contributed by atoms with Crippen molar-refractivity contribution in [3.8, 4) is 0 Å².